The Balaban J connectivity index is 2.67. The van der Waals surface area contributed by atoms with Gasteiger partial charge in [0, 0.05) is 0 Å². The Hall–Kier alpha value is -0.0400. The van der Waals surface area contributed by atoms with Crippen molar-refractivity contribution >= 4 is 0 Å². The lowest BCUT2D eigenvalue weighted by molar-refractivity contribution is 0.0673. The molecule has 1 aliphatic carbocycles. The van der Waals surface area contributed by atoms with Gasteiger partial charge >= 0.3 is 0 Å². The van der Waals surface area contributed by atoms with Crippen molar-refractivity contribution in [2.24, 2.45) is 28.9 Å². The molecule has 0 radical (unpaired) electrons. The van der Waals surface area contributed by atoms with Gasteiger partial charge in [0.05, 0.1) is 0 Å². The zero-order valence-electron chi connectivity index (χ0n) is 10.3. The first kappa shape index (κ1) is 12.0. The van der Waals surface area contributed by atoms with Crippen LogP contribution in [0.5, 0.6) is 0 Å². The molecule has 0 aromatic heterocycles. The molecular formula is C13H27N. The molecule has 0 heterocycles. The van der Waals surface area contributed by atoms with Gasteiger partial charge in [-0.2, -0.15) is 0 Å². The van der Waals surface area contributed by atoms with E-state index >= 15 is 0 Å². The predicted octanol–water partition coefficient (Wildman–Crippen LogP) is 3.43. The minimum absolute atomic E-state index is 0.459. The molecule has 0 amide bonds. The van der Waals surface area contributed by atoms with Crippen LogP contribution in [0.2, 0.25) is 0 Å². The van der Waals surface area contributed by atoms with Gasteiger partial charge < -0.3 is 5.73 Å². The molecule has 1 rings (SSSR count). The Morgan fingerprint density at radius 2 is 1.71 bits per heavy atom. The number of hydrogen-bond donors (Lipinski definition) is 1. The Bertz CT molecular complexity index is 166. The Labute approximate surface area is 89.5 Å². The van der Waals surface area contributed by atoms with Crippen LogP contribution in [0.25, 0.3) is 0 Å². The van der Waals surface area contributed by atoms with Gasteiger partial charge in [0.2, 0.25) is 0 Å². The molecule has 14 heavy (non-hydrogen) atoms. The fourth-order valence-corrected chi connectivity index (χ4v) is 2.89. The summed E-state index contributed by atoms with van der Waals surface area (Å²) in [7, 11) is 0. The summed E-state index contributed by atoms with van der Waals surface area (Å²) in [6.45, 7) is 10.3. The van der Waals surface area contributed by atoms with Gasteiger partial charge in [0.1, 0.15) is 0 Å². The van der Waals surface area contributed by atoms with E-state index in [2.05, 4.69) is 27.7 Å². The van der Waals surface area contributed by atoms with Crippen LogP contribution >= 0.6 is 0 Å². The van der Waals surface area contributed by atoms with E-state index in [9.17, 15) is 0 Å². The highest BCUT2D eigenvalue weighted by Crippen LogP contribution is 2.45. The van der Waals surface area contributed by atoms with E-state index in [1.54, 1.807) is 0 Å². The average molecular weight is 197 g/mol. The molecule has 1 nitrogen and oxygen atoms in total. The van der Waals surface area contributed by atoms with Crippen LogP contribution in [0.4, 0.5) is 0 Å². The molecule has 0 aromatic carbocycles. The average Bonchev–Trinajstić information content (AvgIpc) is 2.18. The van der Waals surface area contributed by atoms with Crippen molar-refractivity contribution < 1.29 is 0 Å². The summed E-state index contributed by atoms with van der Waals surface area (Å²) in [5, 5.41) is 0. The molecule has 0 bridgehead atoms. The quantitative estimate of drug-likeness (QED) is 0.737. The lowest BCUT2D eigenvalue weighted by Crippen LogP contribution is -2.41. The van der Waals surface area contributed by atoms with E-state index in [0.717, 1.165) is 24.3 Å². The molecule has 1 aliphatic rings. The van der Waals surface area contributed by atoms with E-state index in [-0.39, 0.29) is 0 Å². The van der Waals surface area contributed by atoms with Crippen molar-refractivity contribution in [3.8, 4) is 0 Å². The maximum absolute atomic E-state index is 6.02. The van der Waals surface area contributed by atoms with Gasteiger partial charge in [-0.25, -0.2) is 0 Å². The summed E-state index contributed by atoms with van der Waals surface area (Å²) in [5.41, 5.74) is 6.48. The molecule has 0 aromatic rings. The molecular weight excluding hydrogens is 170 g/mol. The number of nitrogens with two attached hydrogens (primary N) is 1. The summed E-state index contributed by atoms with van der Waals surface area (Å²) in [5.74, 6) is 2.47. The molecule has 0 aliphatic heterocycles. The fraction of sp³-hybridized carbons (Fsp3) is 1.00. The van der Waals surface area contributed by atoms with Gasteiger partial charge in [-0.15, -0.1) is 0 Å². The van der Waals surface area contributed by atoms with Crippen LogP contribution < -0.4 is 5.73 Å². The second-order valence-electron chi connectivity index (χ2n) is 5.78. The molecule has 2 N–H and O–H groups in total. The molecule has 84 valence electrons. The highest BCUT2D eigenvalue weighted by molar-refractivity contribution is 4.90. The van der Waals surface area contributed by atoms with E-state index in [4.69, 9.17) is 5.73 Å². The summed E-state index contributed by atoms with van der Waals surface area (Å²) in [4.78, 5) is 0. The minimum atomic E-state index is 0.459. The summed E-state index contributed by atoms with van der Waals surface area (Å²) in [6.07, 6.45) is 5.47. The monoisotopic (exact) mass is 197 g/mol. The van der Waals surface area contributed by atoms with Crippen molar-refractivity contribution in [3.05, 3.63) is 0 Å². The third kappa shape index (κ3) is 2.31. The van der Waals surface area contributed by atoms with Gasteiger partial charge in [0.25, 0.3) is 0 Å². The highest BCUT2D eigenvalue weighted by Gasteiger charge is 2.38. The molecule has 0 spiro atoms. The Morgan fingerprint density at radius 3 is 2.07 bits per heavy atom. The first-order valence-corrected chi connectivity index (χ1v) is 6.22. The van der Waals surface area contributed by atoms with Crippen molar-refractivity contribution in [2.45, 2.75) is 53.4 Å². The number of hydrogen-bond acceptors (Lipinski definition) is 1. The van der Waals surface area contributed by atoms with Gasteiger partial charge in [-0.3, -0.25) is 0 Å². The van der Waals surface area contributed by atoms with Crippen molar-refractivity contribution in [3.63, 3.8) is 0 Å². The highest BCUT2D eigenvalue weighted by atomic mass is 14.6. The van der Waals surface area contributed by atoms with E-state index < -0.39 is 0 Å². The van der Waals surface area contributed by atoms with Crippen LogP contribution in [0.1, 0.15) is 53.4 Å². The first-order valence-electron chi connectivity index (χ1n) is 6.22. The normalized spacial score (nSPS) is 36.0. The van der Waals surface area contributed by atoms with Gasteiger partial charge in [-0.1, -0.05) is 40.5 Å². The summed E-state index contributed by atoms with van der Waals surface area (Å²) in [6, 6.07) is 0. The van der Waals surface area contributed by atoms with Crippen LogP contribution in [0, 0.1) is 23.2 Å². The Kier molecular flexibility index (Phi) is 4.00. The second-order valence-corrected chi connectivity index (χ2v) is 5.78. The Morgan fingerprint density at radius 1 is 1.21 bits per heavy atom. The van der Waals surface area contributed by atoms with Crippen molar-refractivity contribution in [1.82, 2.24) is 0 Å². The van der Waals surface area contributed by atoms with Crippen LogP contribution in [-0.4, -0.2) is 6.54 Å². The number of rotatable bonds is 3. The minimum Gasteiger partial charge on any atom is -0.330 e. The van der Waals surface area contributed by atoms with Gasteiger partial charge in [-0.05, 0) is 42.6 Å². The zero-order chi connectivity index (χ0) is 10.8. The SMILES string of the molecule is CC1CCC(CN)(C(C)C(C)C)CC1. The van der Waals surface area contributed by atoms with E-state index in [1.807, 2.05) is 0 Å². The standard InChI is InChI=1S/C13H27N/c1-10(2)12(4)13(9-14)7-5-11(3)6-8-13/h10-12H,5-9,14H2,1-4H3. The maximum atomic E-state index is 6.02. The van der Waals surface area contributed by atoms with Crippen LogP contribution in [0.15, 0.2) is 0 Å². The topological polar surface area (TPSA) is 26.0 Å². The third-order valence-corrected chi connectivity index (χ3v) is 4.64. The smallest absolute Gasteiger partial charge is 0.00179 e. The second kappa shape index (κ2) is 4.65. The van der Waals surface area contributed by atoms with Crippen molar-refractivity contribution in [2.75, 3.05) is 6.54 Å². The summed E-state index contributed by atoms with van der Waals surface area (Å²) < 4.78 is 0. The lowest BCUT2D eigenvalue weighted by atomic mass is 9.61. The van der Waals surface area contributed by atoms with Crippen LogP contribution in [-0.2, 0) is 0 Å². The molecule has 0 saturated heterocycles. The zero-order valence-corrected chi connectivity index (χ0v) is 10.3. The molecule has 1 heteroatoms. The van der Waals surface area contributed by atoms with Crippen LogP contribution in [0.3, 0.4) is 0 Å². The maximum Gasteiger partial charge on any atom is -0.00179 e. The van der Waals surface area contributed by atoms with E-state index in [1.165, 1.54) is 25.7 Å². The van der Waals surface area contributed by atoms with Crippen molar-refractivity contribution in [1.29, 1.82) is 0 Å². The molecule has 1 unspecified atom stereocenters. The van der Waals surface area contributed by atoms with Gasteiger partial charge in [0.15, 0.2) is 0 Å². The lowest BCUT2D eigenvalue weighted by Gasteiger charge is -2.45. The molecule has 1 atom stereocenters. The first-order chi connectivity index (χ1) is 6.52. The third-order valence-electron chi connectivity index (χ3n) is 4.64. The summed E-state index contributed by atoms with van der Waals surface area (Å²) >= 11 is 0. The molecule has 1 fully saturated rings. The fourth-order valence-electron chi connectivity index (χ4n) is 2.89. The molecule has 1 saturated carbocycles. The van der Waals surface area contributed by atoms with E-state index in [0.29, 0.717) is 5.41 Å². The predicted molar refractivity (Wildman–Crippen MR) is 63.1 cm³/mol. The largest absolute Gasteiger partial charge is 0.330 e.